The minimum Gasteiger partial charge on any atom is -0.390 e. The van der Waals surface area contributed by atoms with Crippen molar-refractivity contribution in [3.63, 3.8) is 0 Å². The molecule has 0 aliphatic carbocycles. The molecule has 0 spiro atoms. The summed E-state index contributed by atoms with van der Waals surface area (Å²) >= 11 is 0. The lowest BCUT2D eigenvalue weighted by Crippen LogP contribution is -2.63. The van der Waals surface area contributed by atoms with Crippen LogP contribution in [0.25, 0.3) is 0 Å². The van der Waals surface area contributed by atoms with Gasteiger partial charge in [0.1, 0.15) is 0 Å². The number of hydrogen-bond donors (Lipinski definition) is 2. The minimum absolute atomic E-state index is 0.209. The topological polar surface area (TPSA) is 40.5 Å². The predicted molar refractivity (Wildman–Crippen MR) is 28.7 cm³/mol. The van der Waals surface area contributed by atoms with Crippen molar-refractivity contribution in [3.05, 3.63) is 0 Å². The molecule has 0 radical (unpaired) electrons. The predicted octanol–water partition coefficient (Wildman–Crippen LogP) is 1.22. The van der Waals surface area contributed by atoms with E-state index < -0.39 is 24.1 Å². The van der Waals surface area contributed by atoms with Crippen LogP contribution in [0.5, 0.6) is 0 Å². The zero-order valence-corrected chi connectivity index (χ0v) is 6.24. The zero-order valence-electron chi connectivity index (χ0n) is 6.24. The van der Waals surface area contributed by atoms with Gasteiger partial charge in [-0.15, -0.1) is 0 Å². The van der Waals surface area contributed by atoms with Gasteiger partial charge in [0, 0.05) is 0 Å². The molecule has 13 heavy (non-hydrogen) atoms. The Labute approximate surface area is 68.8 Å². The van der Waals surface area contributed by atoms with E-state index in [0.717, 1.165) is 0 Å². The van der Waals surface area contributed by atoms with Gasteiger partial charge < -0.3 is 10.2 Å². The highest BCUT2D eigenvalue weighted by atomic mass is 19.4. The number of aliphatic hydroxyl groups excluding tert-OH is 1. The van der Waals surface area contributed by atoms with Crippen molar-refractivity contribution in [1.82, 2.24) is 0 Å². The first-order valence-corrected chi connectivity index (χ1v) is 2.98. The molecule has 2 nitrogen and oxygen atoms in total. The molecule has 0 aromatic heterocycles. The van der Waals surface area contributed by atoms with Crippen molar-refractivity contribution in [2.24, 2.45) is 0 Å². The normalized spacial score (nSPS) is 17.3. The number of halogens is 6. The van der Waals surface area contributed by atoms with Crippen molar-refractivity contribution < 1.29 is 36.6 Å². The third-order valence-electron chi connectivity index (χ3n) is 1.47. The van der Waals surface area contributed by atoms with Crippen LogP contribution in [-0.2, 0) is 0 Å². The lowest BCUT2D eigenvalue weighted by Gasteiger charge is -2.34. The maximum absolute atomic E-state index is 11.7. The van der Waals surface area contributed by atoms with Crippen LogP contribution >= 0.6 is 0 Å². The SMILES string of the molecule is C[C@@H](O)C(O)(C(F)(F)F)C(F)(F)F. The van der Waals surface area contributed by atoms with E-state index in [1.807, 2.05) is 0 Å². The summed E-state index contributed by atoms with van der Waals surface area (Å²) in [6, 6.07) is 0. The average molecular weight is 212 g/mol. The Hall–Kier alpha value is -0.500. The molecule has 0 amide bonds. The molecule has 0 aliphatic heterocycles. The number of rotatable bonds is 1. The highest BCUT2D eigenvalue weighted by Crippen LogP contribution is 2.44. The minimum atomic E-state index is -5.96. The second kappa shape index (κ2) is 3.02. The Bertz CT molecular complexity index is 166. The molecular weight excluding hydrogens is 206 g/mol. The van der Waals surface area contributed by atoms with Crippen LogP contribution < -0.4 is 0 Å². The molecule has 0 aromatic carbocycles. The molecule has 0 fully saturated rings. The number of alkyl halides is 6. The first-order valence-electron chi connectivity index (χ1n) is 2.98. The zero-order chi connectivity index (χ0) is 11.1. The van der Waals surface area contributed by atoms with Crippen LogP contribution in [0.3, 0.4) is 0 Å². The van der Waals surface area contributed by atoms with E-state index in [9.17, 15) is 26.3 Å². The molecule has 0 saturated heterocycles. The molecule has 8 heteroatoms. The molecule has 0 rings (SSSR count). The Morgan fingerprint density at radius 3 is 1.15 bits per heavy atom. The van der Waals surface area contributed by atoms with Crippen molar-refractivity contribution in [3.8, 4) is 0 Å². The van der Waals surface area contributed by atoms with Crippen LogP contribution in [0.1, 0.15) is 6.92 Å². The summed E-state index contributed by atoms with van der Waals surface area (Å²) in [5.74, 6) is 0. The van der Waals surface area contributed by atoms with Gasteiger partial charge in [0.2, 0.25) is 0 Å². The van der Waals surface area contributed by atoms with Gasteiger partial charge in [0.15, 0.2) is 0 Å². The smallest absolute Gasteiger partial charge is 0.390 e. The maximum atomic E-state index is 11.7. The van der Waals surface area contributed by atoms with Crippen LogP contribution in [0.2, 0.25) is 0 Å². The number of hydrogen-bond acceptors (Lipinski definition) is 2. The third kappa shape index (κ3) is 1.88. The van der Waals surface area contributed by atoms with Crippen molar-refractivity contribution in [1.29, 1.82) is 0 Å². The van der Waals surface area contributed by atoms with Gasteiger partial charge in [-0.25, -0.2) is 0 Å². The fourth-order valence-electron chi connectivity index (χ4n) is 0.634. The fraction of sp³-hybridized carbons (Fsp3) is 1.00. The summed E-state index contributed by atoms with van der Waals surface area (Å²) in [4.78, 5) is 0. The second-order valence-corrected chi connectivity index (χ2v) is 2.44. The van der Waals surface area contributed by atoms with Crippen molar-refractivity contribution in [2.45, 2.75) is 31.0 Å². The standard InChI is InChI=1S/C5H6F6O2/c1-2(12)3(13,4(6,7)8)5(9,10)11/h2,12-13H,1H3/t2-/m1/s1. The van der Waals surface area contributed by atoms with E-state index in [1.54, 1.807) is 0 Å². The molecule has 0 saturated carbocycles. The molecular formula is C5H6F6O2. The van der Waals surface area contributed by atoms with Gasteiger partial charge in [0.25, 0.3) is 5.60 Å². The summed E-state index contributed by atoms with van der Waals surface area (Å²) in [6.07, 6.45) is -14.9. The van der Waals surface area contributed by atoms with Crippen LogP contribution in [0.15, 0.2) is 0 Å². The van der Waals surface area contributed by atoms with Crippen molar-refractivity contribution in [2.75, 3.05) is 0 Å². The average Bonchev–Trinajstić information content (AvgIpc) is 1.80. The molecule has 2 N–H and O–H groups in total. The quantitative estimate of drug-likeness (QED) is 0.641. The number of aliphatic hydroxyl groups is 2. The van der Waals surface area contributed by atoms with Crippen LogP contribution in [0, 0.1) is 0 Å². The van der Waals surface area contributed by atoms with Gasteiger partial charge in [0.05, 0.1) is 6.10 Å². The molecule has 1 atom stereocenters. The van der Waals surface area contributed by atoms with E-state index in [2.05, 4.69) is 0 Å². The summed E-state index contributed by atoms with van der Waals surface area (Å²) in [7, 11) is 0. The van der Waals surface area contributed by atoms with Crippen LogP contribution in [-0.4, -0.2) is 34.3 Å². The summed E-state index contributed by atoms with van der Waals surface area (Å²) in [6.45, 7) is 0.209. The monoisotopic (exact) mass is 212 g/mol. The lowest BCUT2D eigenvalue weighted by molar-refractivity contribution is -0.389. The Kier molecular flexibility index (Phi) is 2.90. The van der Waals surface area contributed by atoms with E-state index in [-0.39, 0.29) is 6.92 Å². The van der Waals surface area contributed by atoms with E-state index in [4.69, 9.17) is 10.2 Å². The summed E-state index contributed by atoms with van der Waals surface area (Å²) in [5, 5.41) is 16.5. The molecule has 0 heterocycles. The maximum Gasteiger partial charge on any atom is 0.428 e. The largest absolute Gasteiger partial charge is 0.428 e. The molecule has 0 unspecified atom stereocenters. The third-order valence-corrected chi connectivity index (χ3v) is 1.47. The second-order valence-electron chi connectivity index (χ2n) is 2.44. The van der Waals surface area contributed by atoms with Crippen molar-refractivity contribution >= 4 is 0 Å². The first kappa shape index (κ1) is 12.5. The highest BCUT2D eigenvalue weighted by molar-refractivity contribution is 4.97. The molecule has 0 bridgehead atoms. The Balaban J connectivity index is 5.22. The molecule has 0 aromatic rings. The molecule has 80 valence electrons. The van der Waals surface area contributed by atoms with E-state index >= 15 is 0 Å². The van der Waals surface area contributed by atoms with Crippen LogP contribution in [0.4, 0.5) is 26.3 Å². The van der Waals surface area contributed by atoms with Gasteiger partial charge in [-0.3, -0.25) is 0 Å². The summed E-state index contributed by atoms with van der Waals surface area (Å²) < 4.78 is 70.3. The van der Waals surface area contributed by atoms with E-state index in [1.165, 1.54) is 0 Å². The van der Waals surface area contributed by atoms with Gasteiger partial charge >= 0.3 is 12.4 Å². The highest BCUT2D eigenvalue weighted by Gasteiger charge is 2.73. The summed E-state index contributed by atoms with van der Waals surface area (Å²) in [5.41, 5.74) is -5.07. The van der Waals surface area contributed by atoms with E-state index in [0.29, 0.717) is 0 Å². The van der Waals surface area contributed by atoms with Gasteiger partial charge in [-0.2, -0.15) is 26.3 Å². The van der Waals surface area contributed by atoms with Gasteiger partial charge in [-0.1, -0.05) is 0 Å². The van der Waals surface area contributed by atoms with Gasteiger partial charge in [-0.05, 0) is 6.92 Å². The Morgan fingerprint density at radius 2 is 1.15 bits per heavy atom. The first-order chi connectivity index (χ1) is 5.44. The fourth-order valence-corrected chi connectivity index (χ4v) is 0.634. The Morgan fingerprint density at radius 1 is 0.923 bits per heavy atom. The lowest BCUT2D eigenvalue weighted by atomic mass is 9.96. The molecule has 0 aliphatic rings.